The van der Waals surface area contributed by atoms with Gasteiger partial charge in [-0.1, -0.05) is 25.3 Å². The van der Waals surface area contributed by atoms with E-state index in [1.165, 1.54) is 13.2 Å². The number of nitrogens with one attached hydrogen (secondary N) is 1. The first-order valence-electron chi connectivity index (χ1n) is 7.51. The average Bonchev–Trinajstić information content (AvgIpc) is 2.54. The van der Waals surface area contributed by atoms with E-state index in [1.54, 1.807) is 0 Å². The molecule has 1 aliphatic rings. The molecule has 124 valence electrons. The van der Waals surface area contributed by atoms with Crippen molar-refractivity contribution in [1.82, 2.24) is 5.32 Å². The normalized spacial score (nSPS) is 17.0. The second-order valence-corrected chi connectivity index (χ2v) is 5.59. The molecule has 1 saturated carbocycles. The van der Waals surface area contributed by atoms with Crippen LogP contribution >= 0.6 is 0 Å². The Bertz CT molecular complexity index is 602. The zero-order valence-corrected chi connectivity index (χ0v) is 12.9. The minimum Gasteiger partial charge on any atom is -0.467 e. The summed E-state index contributed by atoms with van der Waals surface area (Å²) in [5, 5.41) is 2.65. The molecule has 1 fully saturated rings. The molecular weight excluding hydrogens is 304 g/mol. The SMILES string of the molecule is COC(=O)C1(NC(=O)C=Cc2c(F)cccc2F)CCCCC1. The third kappa shape index (κ3) is 3.94. The lowest BCUT2D eigenvalue weighted by molar-refractivity contribution is -0.152. The summed E-state index contributed by atoms with van der Waals surface area (Å²) in [7, 11) is 1.27. The lowest BCUT2D eigenvalue weighted by Gasteiger charge is -2.34. The summed E-state index contributed by atoms with van der Waals surface area (Å²) in [6.45, 7) is 0. The first-order chi connectivity index (χ1) is 11.0. The van der Waals surface area contributed by atoms with E-state index in [2.05, 4.69) is 5.32 Å². The molecule has 0 radical (unpaired) electrons. The van der Waals surface area contributed by atoms with Crippen molar-refractivity contribution in [2.24, 2.45) is 0 Å². The predicted molar refractivity (Wildman–Crippen MR) is 81.4 cm³/mol. The van der Waals surface area contributed by atoms with Crippen molar-refractivity contribution in [3.63, 3.8) is 0 Å². The highest BCUT2D eigenvalue weighted by Gasteiger charge is 2.41. The van der Waals surface area contributed by atoms with Gasteiger partial charge in [0.05, 0.1) is 7.11 Å². The van der Waals surface area contributed by atoms with Crippen molar-refractivity contribution < 1.29 is 23.1 Å². The molecule has 0 aromatic heterocycles. The molecule has 1 amide bonds. The van der Waals surface area contributed by atoms with E-state index >= 15 is 0 Å². The maximum Gasteiger partial charge on any atom is 0.331 e. The van der Waals surface area contributed by atoms with Crippen molar-refractivity contribution in [1.29, 1.82) is 0 Å². The zero-order chi connectivity index (χ0) is 16.9. The maximum atomic E-state index is 13.5. The van der Waals surface area contributed by atoms with Gasteiger partial charge in [-0.3, -0.25) is 4.79 Å². The van der Waals surface area contributed by atoms with E-state index in [-0.39, 0.29) is 5.56 Å². The predicted octanol–water partition coefficient (Wildman–Crippen LogP) is 2.97. The molecule has 23 heavy (non-hydrogen) atoms. The van der Waals surface area contributed by atoms with Crippen LogP contribution in [0, 0.1) is 11.6 Å². The molecule has 0 saturated heterocycles. The first-order valence-corrected chi connectivity index (χ1v) is 7.51. The van der Waals surface area contributed by atoms with E-state index in [9.17, 15) is 18.4 Å². The van der Waals surface area contributed by atoms with Gasteiger partial charge in [0, 0.05) is 11.6 Å². The van der Waals surface area contributed by atoms with Crippen LogP contribution in [0.4, 0.5) is 8.78 Å². The number of benzene rings is 1. The van der Waals surface area contributed by atoms with Crippen molar-refractivity contribution in [3.05, 3.63) is 41.5 Å². The molecule has 0 bridgehead atoms. The second kappa shape index (κ2) is 7.35. The van der Waals surface area contributed by atoms with Gasteiger partial charge in [-0.05, 0) is 31.1 Å². The molecule has 1 aliphatic carbocycles. The highest BCUT2D eigenvalue weighted by atomic mass is 19.1. The largest absolute Gasteiger partial charge is 0.467 e. The number of carbonyl (C=O) groups excluding carboxylic acids is 2. The first kappa shape index (κ1) is 17.1. The van der Waals surface area contributed by atoms with Crippen LogP contribution in [0.25, 0.3) is 6.08 Å². The molecule has 1 N–H and O–H groups in total. The van der Waals surface area contributed by atoms with Crippen LogP contribution in [0.15, 0.2) is 24.3 Å². The number of hydrogen-bond acceptors (Lipinski definition) is 3. The Balaban J connectivity index is 2.13. The molecule has 1 aromatic rings. The van der Waals surface area contributed by atoms with Crippen LogP contribution < -0.4 is 5.32 Å². The third-order valence-corrected chi connectivity index (χ3v) is 4.05. The smallest absolute Gasteiger partial charge is 0.331 e. The number of esters is 1. The van der Waals surface area contributed by atoms with Crippen LogP contribution in [0.5, 0.6) is 0 Å². The van der Waals surface area contributed by atoms with E-state index in [4.69, 9.17) is 4.74 Å². The van der Waals surface area contributed by atoms with Gasteiger partial charge in [0.25, 0.3) is 0 Å². The molecule has 0 atom stereocenters. The Labute approximate surface area is 133 Å². The Kier molecular flexibility index (Phi) is 5.47. The van der Waals surface area contributed by atoms with E-state index < -0.39 is 29.0 Å². The molecule has 6 heteroatoms. The van der Waals surface area contributed by atoms with E-state index in [1.807, 2.05) is 0 Å². The molecule has 0 spiro atoms. The summed E-state index contributed by atoms with van der Waals surface area (Å²) >= 11 is 0. The minimum absolute atomic E-state index is 0.293. The summed E-state index contributed by atoms with van der Waals surface area (Å²) in [5.74, 6) is -2.58. The van der Waals surface area contributed by atoms with Crippen LogP contribution in [-0.4, -0.2) is 24.5 Å². The number of hydrogen-bond donors (Lipinski definition) is 1. The lowest BCUT2D eigenvalue weighted by Crippen LogP contribution is -2.55. The Hall–Kier alpha value is -2.24. The molecule has 0 heterocycles. The number of methoxy groups -OCH3 is 1. The third-order valence-electron chi connectivity index (χ3n) is 4.05. The highest BCUT2D eigenvalue weighted by molar-refractivity contribution is 5.96. The van der Waals surface area contributed by atoms with Gasteiger partial charge in [-0.25, -0.2) is 13.6 Å². The molecular formula is C17H19F2NO3. The Morgan fingerprint density at radius 2 is 1.78 bits per heavy atom. The summed E-state index contributed by atoms with van der Waals surface area (Å²) in [4.78, 5) is 24.1. The lowest BCUT2D eigenvalue weighted by atomic mass is 9.81. The quantitative estimate of drug-likeness (QED) is 0.684. The van der Waals surface area contributed by atoms with Crippen molar-refractivity contribution >= 4 is 18.0 Å². The minimum atomic E-state index is -1.05. The van der Waals surface area contributed by atoms with Crippen LogP contribution in [0.1, 0.15) is 37.7 Å². The fraction of sp³-hybridized carbons (Fsp3) is 0.412. The van der Waals surface area contributed by atoms with Crippen LogP contribution in [0.2, 0.25) is 0 Å². The summed E-state index contributed by atoms with van der Waals surface area (Å²) in [6, 6.07) is 3.46. The monoisotopic (exact) mass is 323 g/mol. The summed E-state index contributed by atoms with van der Waals surface area (Å²) < 4.78 is 31.8. The Morgan fingerprint density at radius 3 is 2.35 bits per heavy atom. The number of carbonyl (C=O) groups is 2. The number of rotatable bonds is 4. The van der Waals surface area contributed by atoms with Crippen molar-refractivity contribution in [2.45, 2.75) is 37.6 Å². The summed E-state index contributed by atoms with van der Waals surface area (Å²) in [5.41, 5.74) is -1.35. The fourth-order valence-electron chi connectivity index (χ4n) is 2.84. The van der Waals surface area contributed by atoms with E-state index in [0.29, 0.717) is 12.8 Å². The highest BCUT2D eigenvalue weighted by Crippen LogP contribution is 2.29. The second-order valence-electron chi connectivity index (χ2n) is 5.59. The van der Waals surface area contributed by atoms with Gasteiger partial charge in [-0.15, -0.1) is 0 Å². The number of amides is 1. The maximum absolute atomic E-state index is 13.5. The van der Waals surface area contributed by atoms with Gasteiger partial charge < -0.3 is 10.1 Å². The molecule has 0 unspecified atom stereocenters. The van der Waals surface area contributed by atoms with Gasteiger partial charge in [0.15, 0.2) is 0 Å². The van der Waals surface area contributed by atoms with Crippen LogP contribution in [-0.2, 0) is 14.3 Å². The average molecular weight is 323 g/mol. The Morgan fingerprint density at radius 1 is 1.17 bits per heavy atom. The number of ether oxygens (including phenoxy) is 1. The van der Waals surface area contributed by atoms with Gasteiger partial charge in [-0.2, -0.15) is 0 Å². The summed E-state index contributed by atoms with van der Waals surface area (Å²) in [6.07, 6.45) is 5.68. The van der Waals surface area contributed by atoms with E-state index in [0.717, 1.165) is 43.5 Å². The van der Waals surface area contributed by atoms with Crippen molar-refractivity contribution in [2.75, 3.05) is 7.11 Å². The standard InChI is InChI=1S/C17H19F2NO3/c1-23-16(22)17(10-3-2-4-11-17)20-15(21)9-8-12-13(18)6-5-7-14(12)19/h5-9H,2-4,10-11H2,1H3,(H,20,21). The molecule has 2 rings (SSSR count). The zero-order valence-electron chi connectivity index (χ0n) is 12.9. The molecule has 0 aliphatic heterocycles. The van der Waals surface area contributed by atoms with Gasteiger partial charge in [0.2, 0.25) is 5.91 Å². The van der Waals surface area contributed by atoms with Gasteiger partial charge >= 0.3 is 5.97 Å². The topological polar surface area (TPSA) is 55.4 Å². The molecule has 1 aromatic carbocycles. The van der Waals surface area contributed by atoms with Crippen LogP contribution in [0.3, 0.4) is 0 Å². The fourth-order valence-corrected chi connectivity index (χ4v) is 2.84. The molecule has 4 nitrogen and oxygen atoms in total. The van der Waals surface area contributed by atoms with Crippen molar-refractivity contribution in [3.8, 4) is 0 Å². The number of halogens is 2. The van der Waals surface area contributed by atoms with Gasteiger partial charge in [0.1, 0.15) is 17.2 Å².